The minimum atomic E-state index is 0.152. The fourth-order valence-corrected chi connectivity index (χ4v) is 3.80. The van der Waals surface area contributed by atoms with Crippen molar-refractivity contribution in [1.29, 1.82) is 0 Å². The van der Waals surface area contributed by atoms with E-state index in [2.05, 4.69) is 21.6 Å². The number of hydrogen-bond donors (Lipinski definition) is 0. The van der Waals surface area contributed by atoms with Crippen LogP contribution in [0.25, 0.3) is 0 Å². The SMILES string of the molecule is O=C(Cc1cnn(C2CC2)c1)N(Cc1ccncc1)C1C=CSC1. The van der Waals surface area contributed by atoms with Gasteiger partial charge in [0.05, 0.1) is 24.7 Å². The van der Waals surface area contributed by atoms with Crippen LogP contribution in [0.15, 0.2) is 48.4 Å². The summed E-state index contributed by atoms with van der Waals surface area (Å²) in [5.74, 6) is 1.08. The Labute approximate surface area is 145 Å². The van der Waals surface area contributed by atoms with E-state index in [1.165, 1.54) is 12.8 Å². The van der Waals surface area contributed by atoms with Crippen molar-refractivity contribution in [2.75, 3.05) is 5.75 Å². The van der Waals surface area contributed by atoms with Crippen LogP contribution in [0.1, 0.15) is 30.0 Å². The molecule has 1 aliphatic carbocycles. The molecule has 1 amide bonds. The molecule has 2 aromatic heterocycles. The molecule has 0 spiro atoms. The third kappa shape index (κ3) is 3.53. The van der Waals surface area contributed by atoms with Gasteiger partial charge in [-0.05, 0) is 41.5 Å². The normalized spacial score (nSPS) is 19.6. The molecule has 2 aromatic rings. The van der Waals surface area contributed by atoms with Gasteiger partial charge in [-0.1, -0.05) is 6.08 Å². The smallest absolute Gasteiger partial charge is 0.227 e. The topological polar surface area (TPSA) is 51.0 Å². The number of aromatic nitrogens is 3. The molecule has 5 nitrogen and oxygen atoms in total. The number of pyridine rings is 1. The molecule has 0 N–H and O–H groups in total. The van der Waals surface area contributed by atoms with E-state index in [4.69, 9.17) is 0 Å². The molecule has 0 saturated heterocycles. The fraction of sp³-hybridized carbons (Fsp3) is 0.389. The summed E-state index contributed by atoms with van der Waals surface area (Å²) in [6.07, 6.45) is 12.3. The zero-order valence-electron chi connectivity index (χ0n) is 13.4. The van der Waals surface area contributed by atoms with E-state index in [-0.39, 0.29) is 11.9 Å². The lowest BCUT2D eigenvalue weighted by Gasteiger charge is -2.28. The summed E-state index contributed by atoms with van der Waals surface area (Å²) >= 11 is 1.76. The number of carbonyl (C=O) groups excluding carboxylic acids is 1. The van der Waals surface area contributed by atoms with Crippen molar-refractivity contribution in [3.05, 3.63) is 59.5 Å². The van der Waals surface area contributed by atoms with Crippen LogP contribution in [0.3, 0.4) is 0 Å². The van der Waals surface area contributed by atoms with Crippen LogP contribution in [0.5, 0.6) is 0 Å². The van der Waals surface area contributed by atoms with Crippen molar-refractivity contribution in [2.24, 2.45) is 0 Å². The highest BCUT2D eigenvalue weighted by atomic mass is 32.2. The molecule has 124 valence electrons. The summed E-state index contributed by atoms with van der Waals surface area (Å²) in [4.78, 5) is 19.0. The summed E-state index contributed by atoms with van der Waals surface area (Å²) in [6.45, 7) is 0.619. The van der Waals surface area contributed by atoms with Crippen molar-refractivity contribution < 1.29 is 4.79 Å². The van der Waals surface area contributed by atoms with Crippen molar-refractivity contribution in [1.82, 2.24) is 19.7 Å². The van der Waals surface area contributed by atoms with Gasteiger partial charge in [-0.2, -0.15) is 5.10 Å². The zero-order chi connectivity index (χ0) is 16.4. The molecule has 1 saturated carbocycles. The molecule has 24 heavy (non-hydrogen) atoms. The molecular formula is C18H20N4OS. The first kappa shape index (κ1) is 15.4. The molecule has 0 bridgehead atoms. The molecular weight excluding hydrogens is 320 g/mol. The third-order valence-electron chi connectivity index (χ3n) is 4.42. The average Bonchev–Trinajstić information content (AvgIpc) is 3.11. The molecule has 1 fully saturated rings. The number of nitrogens with zero attached hydrogens (tertiary/aromatic N) is 4. The first-order chi connectivity index (χ1) is 11.8. The lowest BCUT2D eigenvalue weighted by Crippen LogP contribution is -2.40. The van der Waals surface area contributed by atoms with Gasteiger partial charge in [-0.25, -0.2) is 0 Å². The zero-order valence-corrected chi connectivity index (χ0v) is 14.2. The molecule has 1 unspecified atom stereocenters. The molecule has 0 radical (unpaired) electrons. The predicted octanol–water partition coefficient (Wildman–Crippen LogP) is 2.81. The number of rotatable bonds is 6. The van der Waals surface area contributed by atoms with E-state index >= 15 is 0 Å². The van der Waals surface area contributed by atoms with Crippen molar-refractivity contribution in [3.8, 4) is 0 Å². The molecule has 2 aliphatic rings. The van der Waals surface area contributed by atoms with Gasteiger partial charge in [-0.3, -0.25) is 14.5 Å². The summed E-state index contributed by atoms with van der Waals surface area (Å²) in [5, 5.41) is 6.48. The second-order valence-corrected chi connectivity index (χ2v) is 7.28. The van der Waals surface area contributed by atoms with Crippen molar-refractivity contribution >= 4 is 17.7 Å². The summed E-state index contributed by atoms with van der Waals surface area (Å²) in [6, 6.07) is 4.65. The molecule has 4 rings (SSSR count). The third-order valence-corrected chi connectivity index (χ3v) is 5.30. The maximum Gasteiger partial charge on any atom is 0.227 e. The van der Waals surface area contributed by atoms with Crippen LogP contribution < -0.4 is 0 Å². The van der Waals surface area contributed by atoms with Gasteiger partial charge in [0, 0.05) is 30.9 Å². The van der Waals surface area contributed by atoms with Crippen LogP contribution in [-0.4, -0.2) is 37.4 Å². The van der Waals surface area contributed by atoms with Crippen LogP contribution >= 0.6 is 11.8 Å². The second kappa shape index (κ2) is 6.81. The molecule has 3 heterocycles. The van der Waals surface area contributed by atoms with Crippen molar-refractivity contribution in [3.63, 3.8) is 0 Å². The second-order valence-electron chi connectivity index (χ2n) is 6.34. The minimum Gasteiger partial charge on any atom is -0.331 e. The standard InChI is InChI=1S/C18H20N4OS/c23-18(9-15-10-20-22(12-15)16-1-2-16)21(17-5-8-24-13-17)11-14-3-6-19-7-4-14/h3-8,10,12,16-17H,1-2,9,11,13H2. The maximum atomic E-state index is 12.9. The first-order valence-corrected chi connectivity index (χ1v) is 9.34. The first-order valence-electron chi connectivity index (χ1n) is 8.29. The Morgan fingerprint density at radius 1 is 1.29 bits per heavy atom. The van der Waals surface area contributed by atoms with Gasteiger partial charge in [0.1, 0.15) is 0 Å². The molecule has 0 aromatic carbocycles. The fourth-order valence-electron chi connectivity index (χ4n) is 2.91. The average molecular weight is 340 g/mol. The minimum absolute atomic E-state index is 0.152. The number of carbonyl (C=O) groups is 1. The lowest BCUT2D eigenvalue weighted by molar-refractivity contribution is -0.132. The van der Waals surface area contributed by atoms with E-state index in [1.54, 1.807) is 24.2 Å². The quantitative estimate of drug-likeness (QED) is 0.811. The Bertz CT molecular complexity index is 738. The van der Waals surface area contributed by atoms with Gasteiger partial charge in [0.25, 0.3) is 0 Å². The van der Waals surface area contributed by atoms with Crippen LogP contribution in [0, 0.1) is 0 Å². The highest BCUT2D eigenvalue weighted by molar-refractivity contribution is 8.02. The highest BCUT2D eigenvalue weighted by Gasteiger charge is 2.27. The van der Waals surface area contributed by atoms with Gasteiger partial charge in [0.2, 0.25) is 5.91 Å². The van der Waals surface area contributed by atoms with Crippen LogP contribution in [0.4, 0.5) is 0 Å². The highest BCUT2D eigenvalue weighted by Crippen LogP contribution is 2.34. The Morgan fingerprint density at radius 2 is 2.12 bits per heavy atom. The summed E-state index contributed by atoms with van der Waals surface area (Å²) in [7, 11) is 0. The molecule has 6 heteroatoms. The van der Waals surface area contributed by atoms with Gasteiger partial charge < -0.3 is 4.90 Å². The van der Waals surface area contributed by atoms with Crippen molar-refractivity contribution in [2.45, 2.75) is 37.9 Å². The Balaban J connectivity index is 1.48. The number of hydrogen-bond acceptors (Lipinski definition) is 4. The van der Waals surface area contributed by atoms with E-state index in [1.807, 2.05) is 34.1 Å². The summed E-state index contributed by atoms with van der Waals surface area (Å²) < 4.78 is 2.00. The van der Waals surface area contributed by atoms with Gasteiger partial charge in [0.15, 0.2) is 0 Å². The van der Waals surface area contributed by atoms with E-state index in [9.17, 15) is 4.79 Å². The monoisotopic (exact) mass is 340 g/mol. The predicted molar refractivity (Wildman–Crippen MR) is 94.4 cm³/mol. The lowest BCUT2D eigenvalue weighted by atomic mass is 10.1. The number of amides is 1. The van der Waals surface area contributed by atoms with E-state index in [0.717, 1.165) is 16.9 Å². The van der Waals surface area contributed by atoms with Gasteiger partial charge >= 0.3 is 0 Å². The van der Waals surface area contributed by atoms with Gasteiger partial charge in [-0.15, -0.1) is 11.8 Å². The van der Waals surface area contributed by atoms with E-state index < -0.39 is 0 Å². The van der Waals surface area contributed by atoms with Crippen LogP contribution in [-0.2, 0) is 17.8 Å². The van der Waals surface area contributed by atoms with E-state index in [0.29, 0.717) is 19.0 Å². The Hall–Kier alpha value is -2.08. The van der Waals surface area contributed by atoms with Crippen LogP contribution in [0.2, 0.25) is 0 Å². The Morgan fingerprint density at radius 3 is 2.83 bits per heavy atom. The number of thioether (sulfide) groups is 1. The molecule has 1 atom stereocenters. The molecule has 1 aliphatic heterocycles. The largest absolute Gasteiger partial charge is 0.331 e. The maximum absolute atomic E-state index is 12.9. The Kier molecular flexibility index (Phi) is 4.38. The summed E-state index contributed by atoms with van der Waals surface area (Å²) in [5.41, 5.74) is 2.11.